The third-order valence-electron chi connectivity index (χ3n) is 6.02. The molecule has 9 heteroatoms. The van der Waals surface area contributed by atoms with Crippen molar-refractivity contribution < 1.29 is 9.59 Å². The fourth-order valence-corrected chi connectivity index (χ4v) is 4.93. The van der Waals surface area contributed by atoms with Crippen LogP contribution < -0.4 is 15.5 Å². The average molecular weight is 477 g/mol. The molecule has 0 atom stereocenters. The Morgan fingerprint density at radius 1 is 0.971 bits per heavy atom. The first kappa shape index (κ1) is 22.5. The van der Waals surface area contributed by atoms with Gasteiger partial charge in [-0.15, -0.1) is 10.2 Å². The Labute approximate surface area is 203 Å². The molecule has 176 valence electrons. The van der Waals surface area contributed by atoms with E-state index in [0.29, 0.717) is 23.8 Å². The Morgan fingerprint density at radius 3 is 2.47 bits per heavy atom. The van der Waals surface area contributed by atoms with Crippen molar-refractivity contribution in [3.8, 4) is 0 Å². The van der Waals surface area contributed by atoms with E-state index in [0.717, 1.165) is 42.6 Å². The van der Waals surface area contributed by atoms with Crippen LogP contribution in [-0.2, 0) is 11.3 Å². The zero-order valence-electron chi connectivity index (χ0n) is 18.9. The molecule has 1 aliphatic carbocycles. The second-order valence-corrected chi connectivity index (χ2v) is 9.57. The van der Waals surface area contributed by atoms with Gasteiger partial charge in [-0.25, -0.2) is 0 Å². The number of hydrogen-bond acceptors (Lipinski definition) is 6. The van der Waals surface area contributed by atoms with Crippen molar-refractivity contribution in [2.24, 2.45) is 0 Å². The number of benzene rings is 2. The molecule has 8 nitrogen and oxygen atoms in total. The van der Waals surface area contributed by atoms with Gasteiger partial charge in [-0.05, 0) is 43.4 Å². The van der Waals surface area contributed by atoms with Crippen molar-refractivity contribution in [2.45, 2.75) is 43.4 Å². The second kappa shape index (κ2) is 10.3. The van der Waals surface area contributed by atoms with E-state index in [9.17, 15) is 9.59 Å². The summed E-state index contributed by atoms with van der Waals surface area (Å²) in [5, 5.41) is 15.4. The van der Waals surface area contributed by atoms with Gasteiger partial charge in [-0.1, -0.05) is 54.2 Å². The van der Waals surface area contributed by atoms with Crippen LogP contribution in [0.4, 0.5) is 11.6 Å². The van der Waals surface area contributed by atoms with Gasteiger partial charge >= 0.3 is 0 Å². The van der Waals surface area contributed by atoms with Gasteiger partial charge in [0.25, 0.3) is 5.91 Å². The normalized spacial score (nSPS) is 15.4. The number of anilines is 2. The van der Waals surface area contributed by atoms with Gasteiger partial charge in [0.2, 0.25) is 11.9 Å². The van der Waals surface area contributed by atoms with Crippen LogP contribution in [0.5, 0.6) is 0 Å². The topological polar surface area (TPSA) is 92.2 Å². The minimum Gasteiger partial charge on any atom is -0.348 e. The first-order chi connectivity index (χ1) is 16.7. The number of nitrogens with one attached hydrogen (secondary N) is 2. The standard InChI is InChI=1S/C25H28N6O2S/c32-22(17-34-25-29-28-24(30-14-6-7-15-30)31(25)19-12-13-19)27-21-11-5-4-10-20(21)23(33)26-16-18-8-2-1-3-9-18/h1-5,8-11,19H,6-7,12-17H2,(H,26,33)(H,27,32). The molecule has 3 aromatic rings. The summed E-state index contributed by atoms with van der Waals surface area (Å²) >= 11 is 1.39. The van der Waals surface area contributed by atoms with Crippen molar-refractivity contribution in [1.29, 1.82) is 0 Å². The van der Waals surface area contributed by atoms with Crippen LogP contribution in [0.3, 0.4) is 0 Å². The monoisotopic (exact) mass is 476 g/mol. The third-order valence-corrected chi connectivity index (χ3v) is 6.96. The number of amides is 2. The molecule has 0 bridgehead atoms. The Morgan fingerprint density at radius 2 is 1.71 bits per heavy atom. The maximum Gasteiger partial charge on any atom is 0.253 e. The lowest BCUT2D eigenvalue weighted by molar-refractivity contribution is -0.113. The van der Waals surface area contributed by atoms with E-state index in [1.54, 1.807) is 18.2 Å². The molecular weight excluding hydrogens is 448 g/mol. The number of para-hydroxylation sites is 1. The second-order valence-electron chi connectivity index (χ2n) is 8.63. The van der Waals surface area contributed by atoms with Gasteiger partial charge in [0.1, 0.15) is 0 Å². The first-order valence-corrected chi connectivity index (χ1v) is 12.7. The van der Waals surface area contributed by atoms with E-state index in [1.165, 1.54) is 24.6 Å². The molecule has 1 aromatic heterocycles. The van der Waals surface area contributed by atoms with E-state index < -0.39 is 0 Å². The molecular formula is C25H28N6O2S. The number of carbonyl (C=O) groups is 2. The number of thioether (sulfide) groups is 1. The minimum atomic E-state index is -0.226. The molecule has 1 saturated heterocycles. The maximum absolute atomic E-state index is 12.8. The summed E-state index contributed by atoms with van der Waals surface area (Å²) in [6, 6.07) is 17.2. The Balaban J connectivity index is 1.21. The van der Waals surface area contributed by atoms with Crippen LogP contribution in [0, 0.1) is 0 Å². The van der Waals surface area contributed by atoms with Crippen LogP contribution in [0.1, 0.15) is 47.6 Å². The molecule has 2 aromatic carbocycles. The van der Waals surface area contributed by atoms with Gasteiger partial charge < -0.3 is 15.5 Å². The van der Waals surface area contributed by atoms with Crippen molar-refractivity contribution in [2.75, 3.05) is 29.1 Å². The zero-order valence-corrected chi connectivity index (χ0v) is 19.8. The summed E-state index contributed by atoms with van der Waals surface area (Å²) in [5.74, 6) is 0.728. The fourth-order valence-electron chi connectivity index (χ4n) is 4.13. The molecule has 1 aliphatic heterocycles. The van der Waals surface area contributed by atoms with Crippen LogP contribution in [-0.4, -0.2) is 45.4 Å². The highest BCUT2D eigenvalue weighted by Crippen LogP contribution is 2.41. The van der Waals surface area contributed by atoms with E-state index in [1.807, 2.05) is 36.4 Å². The van der Waals surface area contributed by atoms with E-state index >= 15 is 0 Å². The molecule has 0 unspecified atom stereocenters. The smallest absolute Gasteiger partial charge is 0.253 e. The predicted molar refractivity (Wildman–Crippen MR) is 133 cm³/mol. The molecule has 2 heterocycles. The lowest BCUT2D eigenvalue weighted by Gasteiger charge is -2.18. The molecule has 0 radical (unpaired) electrons. The quantitative estimate of drug-likeness (QED) is 0.456. The summed E-state index contributed by atoms with van der Waals surface area (Å²) < 4.78 is 2.20. The largest absolute Gasteiger partial charge is 0.348 e. The molecule has 5 rings (SSSR count). The fraction of sp³-hybridized carbons (Fsp3) is 0.360. The number of nitrogens with zero attached hydrogens (tertiary/aromatic N) is 4. The van der Waals surface area contributed by atoms with Crippen LogP contribution in [0.25, 0.3) is 0 Å². The Kier molecular flexibility index (Phi) is 6.80. The van der Waals surface area contributed by atoms with E-state index in [-0.39, 0.29) is 17.6 Å². The summed E-state index contributed by atoms with van der Waals surface area (Å²) in [4.78, 5) is 27.8. The number of rotatable bonds is 9. The van der Waals surface area contributed by atoms with Crippen molar-refractivity contribution in [3.63, 3.8) is 0 Å². The predicted octanol–water partition coefficient (Wildman–Crippen LogP) is 3.87. The molecule has 2 amide bonds. The maximum atomic E-state index is 12.8. The summed E-state index contributed by atoms with van der Waals surface area (Å²) in [7, 11) is 0. The third kappa shape index (κ3) is 5.25. The average Bonchev–Trinajstić information content (AvgIpc) is 3.38. The molecule has 2 aliphatic rings. The lowest BCUT2D eigenvalue weighted by atomic mass is 10.1. The SMILES string of the molecule is O=C(CSc1nnc(N2CCCC2)n1C1CC1)Nc1ccccc1C(=O)NCc1ccccc1. The van der Waals surface area contributed by atoms with Gasteiger partial charge in [0, 0.05) is 25.7 Å². The van der Waals surface area contributed by atoms with E-state index in [2.05, 4.69) is 30.3 Å². The Hall–Kier alpha value is -3.33. The van der Waals surface area contributed by atoms with Crippen molar-refractivity contribution in [1.82, 2.24) is 20.1 Å². The van der Waals surface area contributed by atoms with Gasteiger partial charge in [0.15, 0.2) is 5.16 Å². The minimum absolute atomic E-state index is 0.179. The van der Waals surface area contributed by atoms with Crippen molar-refractivity contribution in [3.05, 3.63) is 65.7 Å². The van der Waals surface area contributed by atoms with Crippen LogP contribution in [0.15, 0.2) is 59.8 Å². The zero-order chi connectivity index (χ0) is 23.3. The van der Waals surface area contributed by atoms with E-state index in [4.69, 9.17) is 0 Å². The Bertz CT molecular complexity index is 1160. The molecule has 2 N–H and O–H groups in total. The highest BCUT2D eigenvalue weighted by Gasteiger charge is 2.32. The molecule has 34 heavy (non-hydrogen) atoms. The van der Waals surface area contributed by atoms with Crippen molar-refractivity contribution >= 4 is 35.2 Å². The lowest BCUT2D eigenvalue weighted by Crippen LogP contribution is -2.25. The number of carbonyl (C=O) groups excluding carboxylic acids is 2. The van der Waals surface area contributed by atoms with Gasteiger partial charge in [0.05, 0.1) is 17.0 Å². The first-order valence-electron chi connectivity index (χ1n) is 11.7. The van der Waals surface area contributed by atoms with Gasteiger partial charge in [-0.2, -0.15) is 0 Å². The molecule has 2 fully saturated rings. The highest BCUT2D eigenvalue weighted by atomic mass is 32.2. The van der Waals surface area contributed by atoms with Crippen LogP contribution in [0.2, 0.25) is 0 Å². The summed E-state index contributed by atoms with van der Waals surface area (Å²) in [6.07, 6.45) is 4.62. The van der Waals surface area contributed by atoms with Gasteiger partial charge in [-0.3, -0.25) is 14.2 Å². The number of aromatic nitrogens is 3. The molecule has 0 spiro atoms. The summed E-state index contributed by atoms with van der Waals surface area (Å²) in [5.41, 5.74) is 1.95. The highest BCUT2D eigenvalue weighted by molar-refractivity contribution is 7.99. The number of hydrogen-bond donors (Lipinski definition) is 2. The molecule has 1 saturated carbocycles. The summed E-state index contributed by atoms with van der Waals surface area (Å²) in [6.45, 7) is 2.45. The van der Waals surface area contributed by atoms with Crippen LogP contribution >= 0.6 is 11.8 Å².